The van der Waals surface area contributed by atoms with Crippen molar-refractivity contribution in [2.45, 2.75) is 9.48 Å². The number of anilines is 1. The van der Waals surface area contributed by atoms with E-state index in [4.69, 9.17) is 10.9 Å². The van der Waals surface area contributed by atoms with Gasteiger partial charge in [-0.25, -0.2) is 23.4 Å². The topological polar surface area (TPSA) is 136 Å². The van der Waals surface area contributed by atoms with Crippen LogP contribution in [0.3, 0.4) is 0 Å². The van der Waals surface area contributed by atoms with Crippen molar-refractivity contribution < 1.29 is 18.0 Å². The number of carbonyl (C=O) groups is 2. The number of amides is 2. The number of rotatable bonds is 4. The Morgan fingerprint density at radius 1 is 1.07 bits per heavy atom. The summed E-state index contributed by atoms with van der Waals surface area (Å²) in [6.45, 7) is 0. The predicted octanol–water partition coefficient (Wildman–Crippen LogP) is 2.24. The van der Waals surface area contributed by atoms with Crippen LogP contribution in [0.5, 0.6) is 0 Å². The average Bonchev–Trinajstić information content (AvgIpc) is 2.88. The lowest BCUT2D eigenvalue weighted by Crippen LogP contribution is -2.31. The zero-order chi connectivity index (χ0) is 19.6. The highest BCUT2D eigenvalue weighted by Crippen LogP contribution is 2.37. The van der Waals surface area contributed by atoms with E-state index in [0.29, 0.717) is 11.4 Å². The van der Waals surface area contributed by atoms with Gasteiger partial charge in [-0.2, -0.15) is 0 Å². The first-order chi connectivity index (χ1) is 12.8. The maximum absolute atomic E-state index is 12.5. The van der Waals surface area contributed by atoms with Crippen LogP contribution >= 0.6 is 23.5 Å². The summed E-state index contributed by atoms with van der Waals surface area (Å²) in [4.78, 5) is 29.9. The SMILES string of the molecule is NC(=Nc1ccc(S(N)(=O)=O)cc1)S[C@@H]1SC(=O)N(c2ccccc2)C1=O. The van der Waals surface area contributed by atoms with Crippen LogP contribution in [0.2, 0.25) is 0 Å². The van der Waals surface area contributed by atoms with E-state index in [0.717, 1.165) is 28.4 Å². The number of primary sulfonamides is 1. The van der Waals surface area contributed by atoms with Gasteiger partial charge in [0, 0.05) is 0 Å². The molecule has 1 atom stereocenters. The molecule has 1 aliphatic rings. The van der Waals surface area contributed by atoms with Gasteiger partial charge in [0.15, 0.2) is 5.17 Å². The zero-order valence-corrected chi connectivity index (χ0v) is 16.1. The highest BCUT2D eigenvalue weighted by molar-refractivity contribution is 8.31. The highest BCUT2D eigenvalue weighted by Gasteiger charge is 2.41. The van der Waals surface area contributed by atoms with E-state index in [1.54, 1.807) is 30.3 Å². The molecule has 1 saturated heterocycles. The number of hydrogen-bond donors (Lipinski definition) is 2. The first-order valence-electron chi connectivity index (χ1n) is 7.49. The zero-order valence-electron chi connectivity index (χ0n) is 13.7. The number of para-hydroxylation sites is 1. The van der Waals surface area contributed by atoms with Crippen LogP contribution in [0.25, 0.3) is 0 Å². The van der Waals surface area contributed by atoms with E-state index in [9.17, 15) is 18.0 Å². The molecule has 0 radical (unpaired) electrons. The number of aliphatic imine (C=N–C) groups is 1. The van der Waals surface area contributed by atoms with Crippen molar-refractivity contribution in [2.75, 3.05) is 4.90 Å². The minimum Gasteiger partial charge on any atom is -0.378 e. The standard InChI is InChI=1S/C16H14N4O4S3/c17-15(19-10-6-8-12(9-7-10)27(18,23)24)25-14-13(21)20(16(22)26-14)11-4-2-1-3-5-11/h1-9,14H,(H2,17,19)(H2,18,23,24)/t14-/m1/s1. The molecule has 1 fully saturated rings. The van der Waals surface area contributed by atoms with Crippen molar-refractivity contribution in [1.29, 1.82) is 0 Å². The molecule has 0 aliphatic carbocycles. The summed E-state index contributed by atoms with van der Waals surface area (Å²) in [6, 6.07) is 14.1. The molecule has 0 saturated carbocycles. The fourth-order valence-electron chi connectivity index (χ4n) is 2.25. The highest BCUT2D eigenvalue weighted by atomic mass is 32.2. The molecule has 1 aliphatic heterocycles. The second kappa shape index (κ2) is 7.72. The molecule has 2 aromatic rings. The van der Waals surface area contributed by atoms with Gasteiger partial charge in [-0.05, 0) is 48.2 Å². The minimum absolute atomic E-state index is 0.0432. The van der Waals surface area contributed by atoms with Crippen LogP contribution in [0.4, 0.5) is 16.2 Å². The number of nitrogens with two attached hydrogens (primary N) is 2. The number of amidine groups is 1. The van der Waals surface area contributed by atoms with Gasteiger partial charge in [-0.1, -0.05) is 30.0 Å². The number of imide groups is 1. The summed E-state index contributed by atoms with van der Waals surface area (Å²) in [5.41, 5.74) is 6.77. The number of sulfonamides is 1. The summed E-state index contributed by atoms with van der Waals surface area (Å²) in [7, 11) is -3.79. The van der Waals surface area contributed by atoms with Gasteiger partial charge in [0.1, 0.15) is 4.58 Å². The third kappa shape index (κ3) is 4.50. The lowest BCUT2D eigenvalue weighted by atomic mass is 10.3. The first-order valence-corrected chi connectivity index (χ1v) is 10.8. The molecule has 8 nitrogen and oxygen atoms in total. The molecular weight excluding hydrogens is 408 g/mol. The van der Waals surface area contributed by atoms with Gasteiger partial charge >= 0.3 is 0 Å². The van der Waals surface area contributed by atoms with Crippen LogP contribution in [0.15, 0.2) is 64.5 Å². The quantitative estimate of drug-likeness (QED) is 0.569. The Morgan fingerprint density at radius 3 is 2.30 bits per heavy atom. The Kier molecular flexibility index (Phi) is 5.56. The Bertz CT molecular complexity index is 1010. The fraction of sp³-hybridized carbons (Fsp3) is 0.0625. The van der Waals surface area contributed by atoms with E-state index in [-0.39, 0.29) is 21.2 Å². The van der Waals surface area contributed by atoms with E-state index in [1.807, 2.05) is 0 Å². The second-order valence-electron chi connectivity index (χ2n) is 5.33. The summed E-state index contributed by atoms with van der Waals surface area (Å²) < 4.78 is 21.7. The second-order valence-corrected chi connectivity index (χ2v) is 9.37. The number of carbonyl (C=O) groups excluding carboxylic acids is 2. The molecule has 4 N–H and O–H groups in total. The largest absolute Gasteiger partial charge is 0.378 e. The monoisotopic (exact) mass is 422 g/mol. The fourth-order valence-corrected chi connectivity index (χ4v) is 4.77. The number of thioether (sulfide) groups is 2. The van der Waals surface area contributed by atoms with Crippen molar-refractivity contribution in [3.8, 4) is 0 Å². The molecule has 0 spiro atoms. The van der Waals surface area contributed by atoms with E-state index < -0.39 is 14.6 Å². The Balaban J connectivity index is 1.72. The molecule has 3 rings (SSSR count). The number of nitrogens with zero attached hydrogens (tertiary/aromatic N) is 2. The third-order valence-corrected chi connectivity index (χ3v) is 6.51. The average molecular weight is 423 g/mol. The molecule has 0 aromatic heterocycles. The van der Waals surface area contributed by atoms with Gasteiger partial charge < -0.3 is 5.73 Å². The van der Waals surface area contributed by atoms with Gasteiger partial charge in [0.25, 0.3) is 11.1 Å². The smallest absolute Gasteiger partial charge is 0.294 e. The van der Waals surface area contributed by atoms with Crippen molar-refractivity contribution >= 4 is 61.2 Å². The molecular formula is C16H14N4O4S3. The van der Waals surface area contributed by atoms with Crippen LogP contribution in [-0.4, -0.2) is 29.3 Å². The lowest BCUT2D eigenvalue weighted by molar-refractivity contribution is -0.115. The molecule has 27 heavy (non-hydrogen) atoms. The van der Waals surface area contributed by atoms with Crippen LogP contribution in [-0.2, 0) is 14.8 Å². The minimum atomic E-state index is -3.79. The third-order valence-electron chi connectivity index (χ3n) is 3.46. The summed E-state index contributed by atoms with van der Waals surface area (Å²) in [5.74, 6) is -0.385. The van der Waals surface area contributed by atoms with E-state index in [1.165, 1.54) is 24.3 Å². The van der Waals surface area contributed by atoms with Crippen LogP contribution < -0.4 is 15.8 Å². The van der Waals surface area contributed by atoms with Gasteiger partial charge in [-0.15, -0.1) is 0 Å². The van der Waals surface area contributed by atoms with Gasteiger partial charge in [0.2, 0.25) is 10.0 Å². The summed E-state index contributed by atoms with van der Waals surface area (Å²) in [6.07, 6.45) is 0. The first kappa shape index (κ1) is 19.4. The molecule has 2 amide bonds. The molecule has 2 aromatic carbocycles. The summed E-state index contributed by atoms with van der Waals surface area (Å²) in [5, 5.41) is 4.73. The maximum atomic E-state index is 12.5. The van der Waals surface area contributed by atoms with Crippen LogP contribution in [0, 0.1) is 0 Å². The van der Waals surface area contributed by atoms with Crippen molar-refractivity contribution in [1.82, 2.24) is 0 Å². The van der Waals surface area contributed by atoms with Crippen molar-refractivity contribution in [3.05, 3.63) is 54.6 Å². The summed E-state index contributed by atoms with van der Waals surface area (Å²) >= 11 is 1.82. The van der Waals surface area contributed by atoms with Gasteiger partial charge in [0.05, 0.1) is 16.3 Å². The molecule has 140 valence electrons. The van der Waals surface area contributed by atoms with E-state index >= 15 is 0 Å². The molecule has 11 heteroatoms. The molecule has 0 bridgehead atoms. The maximum Gasteiger partial charge on any atom is 0.294 e. The van der Waals surface area contributed by atoms with Crippen molar-refractivity contribution in [3.63, 3.8) is 0 Å². The normalized spacial score (nSPS) is 18.2. The molecule has 0 unspecified atom stereocenters. The number of benzene rings is 2. The Morgan fingerprint density at radius 2 is 1.70 bits per heavy atom. The predicted molar refractivity (Wildman–Crippen MR) is 107 cm³/mol. The number of hydrogen-bond acceptors (Lipinski definition) is 7. The lowest BCUT2D eigenvalue weighted by Gasteiger charge is -2.13. The van der Waals surface area contributed by atoms with Gasteiger partial charge in [-0.3, -0.25) is 9.59 Å². The van der Waals surface area contributed by atoms with E-state index in [2.05, 4.69) is 4.99 Å². The Labute approximate surface area is 164 Å². The Hall–Kier alpha value is -2.34. The molecule has 1 heterocycles. The van der Waals surface area contributed by atoms with Crippen molar-refractivity contribution in [2.24, 2.45) is 15.9 Å². The van der Waals surface area contributed by atoms with Crippen LogP contribution in [0.1, 0.15) is 0 Å².